The van der Waals surface area contributed by atoms with Gasteiger partial charge in [-0.15, -0.1) is 11.3 Å². The number of carboxylic acids is 1. The van der Waals surface area contributed by atoms with Gasteiger partial charge >= 0.3 is 5.97 Å². The van der Waals surface area contributed by atoms with Crippen molar-refractivity contribution in [3.8, 4) is 0 Å². The summed E-state index contributed by atoms with van der Waals surface area (Å²) in [6.45, 7) is 1.72. The van der Waals surface area contributed by atoms with Crippen LogP contribution in [0.1, 0.15) is 15.4 Å². The number of nitrogens with one attached hydrogen (secondary N) is 1. The Morgan fingerprint density at radius 2 is 2.28 bits per heavy atom. The van der Waals surface area contributed by atoms with Crippen LogP contribution >= 0.6 is 38.9 Å². The molecule has 2 N–H and O–H groups in total. The minimum Gasteiger partial charge on any atom is -0.476 e. The number of rotatable bonds is 3. The molecular formula is C11H8BrClN2O2S. The van der Waals surface area contributed by atoms with Crippen LogP contribution in [-0.2, 0) is 0 Å². The Labute approximate surface area is 121 Å². The molecular weight excluding hydrogens is 340 g/mol. The first-order valence-corrected chi connectivity index (χ1v) is 6.89. The third-order valence-corrected chi connectivity index (χ3v) is 4.48. The summed E-state index contributed by atoms with van der Waals surface area (Å²) in [7, 11) is 0. The first-order chi connectivity index (χ1) is 8.49. The summed E-state index contributed by atoms with van der Waals surface area (Å²) < 4.78 is 0.719. The van der Waals surface area contributed by atoms with Crippen molar-refractivity contribution < 1.29 is 9.90 Å². The molecule has 0 amide bonds. The average molecular weight is 348 g/mol. The first-order valence-electron chi connectivity index (χ1n) is 4.91. The molecule has 0 spiro atoms. The molecule has 0 aliphatic rings. The second-order valence-corrected chi connectivity index (χ2v) is 5.86. The summed E-state index contributed by atoms with van der Waals surface area (Å²) in [5.74, 6) is -1.03. The van der Waals surface area contributed by atoms with Gasteiger partial charge in [0.15, 0.2) is 10.8 Å². The van der Waals surface area contributed by atoms with E-state index in [0.29, 0.717) is 15.0 Å². The van der Waals surface area contributed by atoms with E-state index in [1.54, 1.807) is 19.1 Å². The molecule has 4 nitrogen and oxygen atoms in total. The van der Waals surface area contributed by atoms with Gasteiger partial charge in [0.25, 0.3) is 0 Å². The van der Waals surface area contributed by atoms with Crippen molar-refractivity contribution in [2.45, 2.75) is 6.92 Å². The van der Waals surface area contributed by atoms with Crippen LogP contribution in [0, 0.1) is 6.92 Å². The molecule has 0 aliphatic heterocycles. The topological polar surface area (TPSA) is 62.2 Å². The molecule has 18 heavy (non-hydrogen) atoms. The monoisotopic (exact) mass is 346 g/mol. The van der Waals surface area contributed by atoms with Crippen molar-refractivity contribution in [2.75, 3.05) is 5.32 Å². The Balaban J connectivity index is 2.32. The highest BCUT2D eigenvalue weighted by Gasteiger charge is 2.14. The maximum Gasteiger partial charge on any atom is 0.355 e. The quantitative estimate of drug-likeness (QED) is 0.868. The van der Waals surface area contributed by atoms with Crippen molar-refractivity contribution in [3.63, 3.8) is 0 Å². The lowest BCUT2D eigenvalue weighted by Gasteiger charge is -2.06. The number of hydrogen-bond acceptors (Lipinski definition) is 4. The summed E-state index contributed by atoms with van der Waals surface area (Å²) in [6, 6.07) is 5.38. The van der Waals surface area contributed by atoms with Gasteiger partial charge in [-0.1, -0.05) is 17.7 Å². The molecule has 0 bridgehead atoms. The fraction of sp³-hybridized carbons (Fsp3) is 0.0909. The number of thiazole rings is 1. The lowest BCUT2D eigenvalue weighted by molar-refractivity contribution is 0.0690. The van der Waals surface area contributed by atoms with E-state index in [9.17, 15) is 4.79 Å². The molecule has 0 saturated carbocycles. The zero-order chi connectivity index (χ0) is 13.3. The number of carboxylic acid groups (broad SMARTS) is 1. The van der Waals surface area contributed by atoms with Gasteiger partial charge in [-0.25, -0.2) is 9.78 Å². The van der Waals surface area contributed by atoms with Crippen LogP contribution in [0.25, 0.3) is 0 Å². The van der Waals surface area contributed by atoms with Crippen molar-refractivity contribution in [2.24, 2.45) is 0 Å². The third kappa shape index (κ3) is 2.66. The number of halogens is 2. The number of hydrogen-bond donors (Lipinski definition) is 2. The Morgan fingerprint density at radius 3 is 2.89 bits per heavy atom. The van der Waals surface area contributed by atoms with Crippen LogP contribution in [0.3, 0.4) is 0 Å². The second-order valence-electron chi connectivity index (χ2n) is 3.46. The molecule has 7 heteroatoms. The number of nitrogens with zero attached hydrogens (tertiary/aromatic N) is 1. The standard InChI is InChI=1S/C11H8BrClN2O2S/c1-5-9(10(16)17)15-11(18-5)14-7-4-2-3-6(13)8(7)12/h2-4H,1H3,(H,14,15)(H,16,17). The van der Waals surface area contributed by atoms with Crippen molar-refractivity contribution in [3.05, 3.63) is 38.3 Å². The molecule has 0 atom stereocenters. The van der Waals surface area contributed by atoms with Crippen LogP contribution in [0.5, 0.6) is 0 Å². The third-order valence-electron chi connectivity index (χ3n) is 2.19. The lowest BCUT2D eigenvalue weighted by Crippen LogP contribution is -1.99. The molecule has 94 valence electrons. The molecule has 0 saturated heterocycles. The van der Waals surface area contributed by atoms with E-state index in [2.05, 4.69) is 26.2 Å². The summed E-state index contributed by atoms with van der Waals surface area (Å²) in [6.07, 6.45) is 0. The highest BCUT2D eigenvalue weighted by Crippen LogP contribution is 2.33. The number of benzene rings is 1. The second kappa shape index (κ2) is 5.26. The lowest BCUT2D eigenvalue weighted by atomic mass is 10.3. The SMILES string of the molecule is Cc1sc(Nc2cccc(Cl)c2Br)nc1C(=O)O. The van der Waals surface area contributed by atoms with Crippen molar-refractivity contribution in [1.82, 2.24) is 4.98 Å². The van der Waals surface area contributed by atoms with Gasteiger partial charge in [0, 0.05) is 4.88 Å². The van der Waals surface area contributed by atoms with E-state index in [-0.39, 0.29) is 5.69 Å². The fourth-order valence-corrected chi connectivity index (χ4v) is 2.72. The average Bonchev–Trinajstić information content (AvgIpc) is 2.66. The van der Waals surface area contributed by atoms with Crippen LogP contribution in [0.4, 0.5) is 10.8 Å². The Bertz CT molecular complexity index is 615. The van der Waals surface area contributed by atoms with E-state index >= 15 is 0 Å². The predicted molar refractivity (Wildman–Crippen MR) is 76.2 cm³/mol. The molecule has 1 aromatic heterocycles. The zero-order valence-electron chi connectivity index (χ0n) is 9.20. The molecule has 0 aliphatic carbocycles. The number of anilines is 2. The smallest absolute Gasteiger partial charge is 0.355 e. The molecule has 1 heterocycles. The Kier molecular flexibility index (Phi) is 3.89. The van der Waals surface area contributed by atoms with Gasteiger partial charge in [-0.05, 0) is 35.0 Å². The van der Waals surface area contributed by atoms with Crippen LogP contribution < -0.4 is 5.32 Å². The van der Waals surface area contributed by atoms with Gasteiger partial charge < -0.3 is 10.4 Å². The molecule has 0 fully saturated rings. The summed E-state index contributed by atoms with van der Waals surface area (Å²) in [5, 5.41) is 13.1. The number of aromatic nitrogens is 1. The van der Waals surface area contributed by atoms with Gasteiger partial charge in [0.1, 0.15) is 0 Å². The highest BCUT2D eigenvalue weighted by atomic mass is 79.9. The van der Waals surface area contributed by atoms with E-state index in [1.165, 1.54) is 11.3 Å². The fourth-order valence-electron chi connectivity index (χ4n) is 1.36. The normalized spacial score (nSPS) is 10.4. The summed E-state index contributed by atoms with van der Waals surface area (Å²) in [5.41, 5.74) is 0.814. The summed E-state index contributed by atoms with van der Waals surface area (Å²) in [4.78, 5) is 15.6. The number of carbonyl (C=O) groups is 1. The van der Waals surface area contributed by atoms with E-state index in [0.717, 1.165) is 10.2 Å². The number of aromatic carboxylic acids is 1. The van der Waals surface area contributed by atoms with E-state index in [4.69, 9.17) is 16.7 Å². The molecule has 0 radical (unpaired) electrons. The largest absolute Gasteiger partial charge is 0.476 e. The number of aryl methyl sites for hydroxylation is 1. The van der Waals surface area contributed by atoms with Gasteiger partial charge in [0.2, 0.25) is 0 Å². The maximum absolute atomic E-state index is 10.9. The van der Waals surface area contributed by atoms with E-state index in [1.807, 2.05) is 6.07 Å². The molecule has 2 aromatic rings. The van der Waals surface area contributed by atoms with Crippen LogP contribution in [0.15, 0.2) is 22.7 Å². The highest BCUT2D eigenvalue weighted by molar-refractivity contribution is 9.10. The maximum atomic E-state index is 10.9. The van der Waals surface area contributed by atoms with Crippen LogP contribution in [0.2, 0.25) is 5.02 Å². The van der Waals surface area contributed by atoms with Gasteiger partial charge in [-0.3, -0.25) is 0 Å². The molecule has 0 unspecified atom stereocenters. The molecule has 1 aromatic carbocycles. The van der Waals surface area contributed by atoms with E-state index < -0.39 is 5.97 Å². The van der Waals surface area contributed by atoms with Gasteiger partial charge in [0.05, 0.1) is 15.2 Å². The van der Waals surface area contributed by atoms with Crippen LogP contribution in [-0.4, -0.2) is 16.1 Å². The first kappa shape index (κ1) is 13.3. The minimum absolute atomic E-state index is 0.0700. The summed E-state index contributed by atoms with van der Waals surface area (Å²) >= 11 is 10.6. The van der Waals surface area contributed by atoms with Crippen molar-refractivity contribution in [1.29, 1.82) is 0 Å². The zero-order valence-corrected chi connectivity index (χ0v) is 12.4. The van der Waals surface area contributed by atoms with Gasteiger partial charge in [-0.2, -0.15) is 0 Å². The minimum atomic E-state index is -1.03. The predicted octanol–water partition coefficient (Wildman–Crippen LogP) is 4.31. The Morgan fingerprint density at radius 1 is 1.56 bits per heavy atom. The van der Waals surface area contributed by atoms with Crippen molar-refractivity contribution >= 4 is 55.7 Å². The Hall–Kier alpha value is -1.11. The molecule has 2 rings (SSSR count).